The Hall–Kier alpha value is -2.83. The molecule has 0 aliphatic carbocycles. The molecule has 1 aromatic heterocycles. The number of nitrogens with zero attached hydrogens (tertiary/aromatic N) is 4. The van der Waals surface area contributed by atoms with Crippen molar-refractivity contribution in [3.8, 4) is 0 Å². The number of alkyl halides is 1. The van der Waals surface area contributed by atoms with Crippen LogP contribution in [0.2, 0.25) is 0 Å². The van der Waals surface area contributed by atoms with E-state index in [9.17, 15) is 19.5 Å². The lowest BCUT2D eigenvalue weighted by Gasteiger charge is -2.48. The highest BCUT2D eigenvalue weighted by molar-refractivity contribution is 6.07. The summed E-state index contributed by atoms with van der Waals surface area (Å²) in [6, 6.07) is 2.10. The van der Waals surface area contributed by atoms with Crippen LogP contribution in [0.3, 0.4) is 0 Å². The summed E-state index contributed by atoms with van der Waals surface area (Å²) in [7, 11) is 5.44. The average molecular weight is 795 g/mol. The Morgan fingerprint density at radius 1 is 1.09 bits per heavy atom. The minimum atomic E-state index is -3.15. The fourth-order valence-corrected chi connectivity index (χ4v) is 8.72. The number of nitrogens with one attached hydrogen (secondary N) is 1. The zero-order chi connectivity index (χ0) is 41.9. The molecule has 0 aromatic carbocycles. The van der Waals surface area contributed by atoms with Crippen LogP contribution in [0.4, 0.5) is 9.18 Å². The standard InChI is InChI=1S/C40H67FN6O9/c1-13-46(12)47-32-25(4)30(42)23(2)21-38(7,52-19-18-44-22-28-14-16-43-17-15-28)34(55-35-31(48)29(45(10)11)20-24(3)53-35)26(5)33(49)39(8,41)36(50)54-27(6)40(32,9)56-37(47)51/h14-17,23-27,29-32,34-35,44,48H,13,18-22,42H2,1-12H3/t23-,24-,25-,26+,27+,29+,30?,31-,32-,34-,35+,38+,39?,40-/m1/s1. The highest BCUT2D eigenvalue weighted by Gasteiger charge is 2.62. The fraction of sp³-hybridized carbons (Fsp3) is 0.800. The number of pyridine rings is 1. The number of halogens is 1. The van der Waals surface area contributed by atoms with Gasteiger partial charge in [-0.05, 0) is 91.1 Å². The minimum Gasteiger partial charge on any atom is -0.456 e. The summed E-state index contributed by atoms with van der Waals surface area (Å²) in [5.41, 5.74) is 2.20. The quantitative estimate of drug-likeness (QED) is 0.169. The first kappa shape index (κ1) is 45.9. The molecular formula is C40H67FN6O9. The number of aromatic nitrogens is 1. The lowest BCUT2D eigenvalue weighted by Crippen LogP contribution is -2.63. The van der Waals surface area contributed by atoms with Gasteiger partial charge in [0.25, 0.3) is 5.67 Å². The molecule has 0 spiro atoms. The highest BCUT2D eigenvalue weighted by Crippen LogP contribution is 2.44. The van der Waals surface area contributed by atoms with E-state index in [0.29, 0.717) is 26.1 Å². The third kappa shape index (κ3) is 9.54. The first-order chi connectivity index (χ1) is 26.1. The van der Waals surface area contributed by atoms with E-state index in [1.807, 2.05) is 58.8 Å². The molecule has 1 aromatic rings. The van der Waals surface area contributed by atoms with Crippen LogP contribution in [0.5, 0.6) is 0 Å². The number of aliphatic hydroxyl groups excluding tert-OH is 1. The largest absolute Gasteiger partial charge is 0.456 e. The van der Waals surface area contributed by atoms with Crippen LogP contribution >= 0.6 is 0 Å². The van der Waals surface area contributed by atoms with Gasteiger partial charge >= 0.3 is 12.1 Å². The number of hydrogen-bond donors (Lipinski definition) is 3. The zero-order valence-electron chi connectivity index (χ0n) is 35.4. The molecular weight excluding hydrogens is 727 g/mol. The van der Waals surface area contributed by atoms with Gasteiger partial charge in [-0.2, -0.15) is 0 Å². The van der Waals surface area contributed by atoms with Gasteiger partial charge in [0.05, 0.1) is 30.5 Å². The minimum absolute atomic E-state index is 0.148. The number of fused-ring (bicyclic) bond motifs is 1. The van der Waals surface area contributed by atoms with Crippen molar-refractivity contribution in [1.82, 2.24) is 25.2 Å². The Labute approximate surface area is 332 Å². The molecule has 0 radical (unpaired) electrons. The SMILES string of the molecule is CCN(C)N1C(=O)O[C@]2(C)[C@H](C)OC(=O)C(C)(F)C(=O)[C@H](C)[C@@H](O[C@@H]3O[C@H](C)C[C@H](N(C)C)[C@H]3O)[C@@](C)(OCCNCc3ccncc3)C[C@@H](C)C(N)[C@@H](C)[C@@H]12. The van der Waals surface area contributed by atoms with Crippen LogP contribution in [0.25, 0.3) is 0 Å². The molecule has 4 N–H and O–H groups in total. The van der Waals surface area contributed by atoms with Crippen molar-refractivity contribution < 1.29 is 47.6 Å². The molecule has 318 valence electrons. The summed E-state index contributed by atoms with van der Waals surface area (Å²) in [4.78, 5) is 47.7. The number of carbonyl (C=O) groups is 3. The molecule has 15 nitrogen and oxygen atoms in total. The Kier molecular flexibility index (Phi) is 15.1. The van der Waals surface area contributed by atoms with Gasteiger partial charge in [-0.25, -0.2) is 24.0 Å². The van der Waals surface area contributed by atoms with Crippen molar-refractivity contribution in [2.24, 2.45) is 23.5 Å². The number of aliphatic hydroxyl groups is 1. The van der Waals surface area contributed by atoms with Crippen LogP contribution in [0.1, 0.15) is 80.7 Å². The number of cyclic esters (lactones) is 1. The number of ether oxygens (including phenoxy) is 5. The molecule has 3 fully saturated rings. The Bertz CT molecular complexity index is 1490. The average Bonchev–Trinajstić information content (AvgIpc) is 3.43. The van der Waals surface area contributed by atoms with Crippen molar-refractivity contribution >= 4 is 17.8 Å². The normalized spacial score (nSPS) is 40.3. The molecule has 56 heavy (non-hydrogen) atoms. The van der Waals surface area contributed by atoms with E-state index >= 15 is 4.39 Å². The topological polar surface area (TPSA) is 178 Å². The molecule has 4 heterocycles. The first-order valence-corrected chi connectivity index (χ1v) is 19.9. The maximum atomic E-state index is 16.9. The van der Waals surface area contributed by atoms with E-state index in [2.05, 4.69) is 10.3 Å². The van der Waals surface area contributed by atoms with Crippen molar-refractivity contribution in [3.05, 3.63) is 30.1 Å². The van der Waals surface area contributed by atoms with Crippen molar-refractivity contribution in [3.63, 3.8) is 0 Å². The van der Waals surface area contributed by atoms with Gasteiger partial charge in [0.2, 0.25) is 0 Å². The van der Waals surface area contributed by atoms with Crippen LogP contribution < -0.4 is 11.1 Å². The van der Waals surface area contributed by atoms with Gasteiger partial charge in [-0.3, -0.25) is 9.78 Å². The lowest BCUT2D eigenvalue weighted by molar-refractivity contribution is -0.298. The summed E-state index contributed by atoms with van der Waals surface area (Å²) in [6.07, 6.45) is -1.62. The van der Waals surface area contributed by atoms with E-state index in [1.54, 1.807) is 38.3 Å². The number of Topliss-reactive ketones (excluding diaryl/α,β-unsaturated/α-hetero) is 1. The van der Waals surface area contributed by atoms with Gasteiger partial charge in [-0.1, -0.05) is 27.7 Å². The summed E-state index contributed by atoms with van der Waals surface area (Å²) in [6.45, 7) is 16.5. The third-order valence-electron chi connectivity index (χ3n) is 12.4. The lowest BCUT2D eigenvalue weighted by atomic mass is 9.72. The van der Waals surface area contributed by atoms with Crippen LogP contribution in [-0.4, -0.2) is 149 Å². The number of esters is 1. The molecule has 0 bridgehead atoms. The molecule has 14 atom stereocenters. The summed E-state index contributed by atoms with van der Waals surface area (Å²) in [5, 5.41) is 18.1. The molecule has 3 saturated heterocycles. The zero-order valence-corrected chi connectivity index (χ0v) is 35.4. The number of ketones is 1. The van der Waals surface area contributed by atoms with E-state index < -0.39 is 83.2 Å². The third-order valence-corrected chi connectivity index (χ3v) is 12.4. The number of hydrazine groups is 1. The predicted molar refractivity (Wildman–Crippen MR) is 207 cm³/mol. The second-order valence-electron chi connectivity index (χ2n) is 17.0. The maximum Gasteiger partial charge on any atom is 0.425 e. The van der Waals surface area contributed by atoms with Crippen molar-refractivity contribution in [1.29, 1.82) is 0 Å². The smallest absolute Gasteiger partial charge is 0.425 e. The molecule has 16 heteroatoms. The van der Waals surface area contributed by atoms with Gasteiger partial charge in [-0.15, -0.1) is 0 Å². The Balaban J connectivity index is 1.81. The van der Waals surface area contributed by atoms with Gasteiger partial charge in [0, 0.05) is 57.1 Å². The van der Waals surface area contributed by atoms with Gasteiger partial charge in [0.15, 0.2) is 17.7 Å². The second-order valence-corrected chi connectivity index (χ2v) is 17.0. The number of nitrogens with two attached hydrogens (primary N) is 1. The second kappa shape index (κ2) is 18.4. The molecule has 2 unspecified atom stereocenters. The molecule has 1 amide bonds. The number of amides is 1. The van der Waals surface area contributed by atoms with E-state index in [0.717, 1.165) is 12.5 Å². The molecule has 4 rings (SSSR count). The molecule has 3 aliphatic rings. The van der Waals surface area contributed by atoms with Crippen LogP contribution in [-0.2, 0) is 39.8 Å². The molecule has 3 aliphatic heterocycles. The van der Waals surface area contributed by atoms with Crippen molar-refractivity contribution in [2.45, 2.75) is 147 Å². The molecule has 0 saturated carbocycles. The van der Waals surface area contributed by atoms with Gasteiger partial charge in [0.1, 0.15) is 12.2 Å². The highest BCUT2D eigenvalue weighted by atomic mass is 19.1. The Morgan fingerprint density at radius 2 is 1.73 bits per heavy atom. The summed E-state index contributed by atoms with van der Waals surface area (Å²) < 4.78 is 48.3. The summed E-state index contributed by atoms with van der Waals surface area (Å²) >= 11 is 0. The van der Waals surface area contributed by atoms with E-state index in [4.69, 9.17) is 29.4 Å². The summed E-state index contributed by atoms with van der Waals surface area (Å²) in [5.74, 6) is -4.68. The number of carbonyl (C=O) groups excluding carboxylic acids is 3. The predicted octanol–water partition coefficient (Wildman–Crippen LogP) is 3.07. The number of likely N-dealkylation sites (N-methyl/N-ethyl adjacent to an activating group) is 1. The van der Waals surface area contributed by atoms with Crippen LogP contribution in [0.15, 0.2) is 24.5 Å². The van der Waals surface area contributed by atoms with E-state index in [-0.39, 0.29) is 31.1 Å². The van der Waals surface area contributed by atoms with Gasteiger partial charge < -0.3 is 44.7 Å². The number of rotatable bonds is 11. The monoisotopic (exact) mass is 794 g/mol. The fourth-order valence-electron chi connectivity index (χ4n) is 8.72. The van der Waals surface area contributed by atoms with E-state index in [1.165, 1.54) is 18.9 Å². The van der Waals surface area contributed by atoms with Crippen LogP contribution in [0, 0.1) is 17.8 Å². The maximum absolute atomic E-state index is 16.9. The first-order valence-electron chi connectivity index (χ1n) is 19.9. The Morgan fingerprint density at radius 3 is 2.34 bits per heavy atom. The number of hydrogen-bond acceptors (Lipinski definition) is 14. The van der Waals surface area contributed by atoms with Crippen molar-refractivity contribution in [2.75, 3.05) is 40.8 Å².